The van der Waals surface area contributed by atoms with Crippen LogP contribution in [0.2, 0.25) is 0 Å². The van der Waals surface area contributed by atoms with E-state index in [4.69, 9.17) is 0 Å². The van der Waals surface area contributed by atoms with Gasteiger partial charge in [0, 0.05) is 0 Å². The fourth-order valence-corrected chi connectivity index (χ4v) is 1.73. The minimum Gasteiger partial charge on any atom is -0.378 e. The van der Waals surface area contributed by atoms with Crippen LogP contribution in [0.15, 0.2) is 11.1 Å². The third-order valence-electron chi connectivity index (χ3n) is 2.55. The molecule has 0 saturated heterocycles. The largest absolute Gasteiger partial charge is 0.378 e. The summed E-state index contributed by atoms with van der Waals surface area (Å²) in [5, 5.41) is 10.1. The van der Waals surface area contributed by atoms with Crippen molar-refractivity contribution in [2.24, 2.45) is 0 Å². The maximum Gasteiger partial charge on any atom is 0.165 e. The Bertz CT molecular complexity index is 224. The van der Waals surface area contributed by atoms with E-state index in [0.29, 0.717) is 6.42 Å². The van der Waals surface area contributed by atoms with Gasteiger partial charge in [-0.15, -0.1) is 0 Å². The monoisotopic (exact) mass is 184 g/mol. The second kappa shape index (κ2) is 4.56. The summed E-state index contributed by atoms with van der Waals surface area (Å²) in [6.45, 7) is 9.11. The molecule has 0 aromatic carbocycles. The van der Waals surface area contributed by atoms with Gasteiger partial charge in [0.2, 0.25) is 0 Å². The molecule has 1 atom stereocenters. The number of allylic oxidation sites excluding steroid dienone is 1. The highest BCUT2D eigenvalue weighted by atomic mass is 16.3. The number of carbonyl (C=O) groups is 1. The Labute approximate surface area is 80.7 Å². The number of hydrogen-bond acceptors (Lipinski definition) is 2. The van der Waals surface area contributed by atoms with Crippen LogP contribution in [-0.4, -0.2) is 16.5 Å². The van der Waals surface area contributed by atoms with Crippen LogP contribution >= 0.6 is 0 Å². The lowest BCUT2D eigenvalue weighted by Gasteiger charge is -2.27. The number of Topliss-reactive ketones (excluding diaryl/α,β-unsaturated/α-hetero) is 1. The minimum absolute atomic E-state index is 0.159. The fourth-order valence-electron chi connectivity index (χ4n) is 1.73. The molecule has 0 aromatic heterocycles. The van der Waals surface area contributed by atoms with Gasteiger partial charge >= 0.3 is 0 Å². The highest BCUT2D eigenvalue weighted by Crippen LogP contribution is 2.27. The molecule has 0 heterocycles. The summed E-state index contributed by atoms with van der Waals surface area (Å²) in [5.74, 6) is -0.159. The molecule has 0 spiro atoms. The van der Waals surface area contributed by atoms with Crippen LogP contribution < -0.4 is 0 Å². The molecule has 0 rings (SSSR count). The van der Waals surface area contributed by atoms with Gasteiger partial charge in [-0.25, -0.2) is 0 Å². The van der Waals surface area contributed by atoms with Crippen molar-refractivity contribution in [1.29, 1.82) is 0 Å². The quantitative estimate of drug-likeness (QED) is 0.681. The topological polar surface area (TPSA) is 37.3 Å². The zero-order valence-corrected chi connectivity index (χ0v) is 9.27. The fraction of sp³-hybridized carbons (Fsp3) is 0.727. The van der Waals surface area contributed by atoms with Gasteiger partial charge in [-0.05, 0) is 39.2 Å². The molecule has 2 heteroatoms. The third-order valence-corrected chi connectivity index (χ3v) is 2.55. The predicted octanol–water partition coefficient (Wildman–Crippen LogP) is 2.46. The maximum absolute atomic E-state index is 11.3. The smallest absolute Gasteiger partial charge is 0.165 e. The first-order chi connectivity index (χ1) is 5.90. The van der Waals surface area contributed by atoms with E-state index in [-0.39, 0.29) is 5.78 Å². The Morgan fingerprint density at radius 1 is 1.23 bits per heavy atom. The molecular weight excluding hydrogens is 164 g/mol. The second-order valence-electron chi connectivity index (χ2n) is 3.60. The summed E-state index contributed by atoms with van der Waals surface area (Å²) in [6, 6.07) is 0. The van der Waals surface area contributed by atoms with E-state index in [9.17, 15) is 9.90 Å². The maximum atomic E-state index is 11.3. The summed E-state index contributed by atoms with van der Waals surface area (Å²) in [7, 11) is 0. The van der Waals surface area contributed by atoms with E-state index in [1.165, 1.54) is 6.92 Å². The van der Waals surface area contributed by atoms with Gasteiger partial charge < -0.3 is 5.11 Å². The first-order valence-corrected chi connectivity index (χ1v) is 4.80. The van der Waals surface area contributed by atoms with Crippen molar-refractivity contribution in [2.75, 3.05) is 0 Å². The Balaban J connectivity index is 5.18. The van der Waals surface area contributed by atoms with Crippen molar-refractivity contribution in [1.82, 2.24) is 0 Å². The van der Waals surface area contributed by atoms with Crippen molar-refractivity contribution >= 4 is 5.78 Å². The lowest BCUT2D eigenvalue weighted by molar-refractivity contribution is -0.132. The summed E-state index contributed by atoms with van der Waals surface area (Å²) < 4.78 is 0. The van der Waals surface area contributed by atoms with Gasteiger partial charge in [-0.3, -0.25) is 4.79 Å². The zero-order chi connectivity index (χ0) is 10.6. The standard InChI is InChI=1S/C11H20O2/c1-6-10(8(3)4)11(13,7-2)9(5)12/h13H,6-7H2,1-5H3. The van der Waals surface area contributed by atoms with Gasteiger partial charge in [0.25, 0.3) is 0 Å². The lowest BCUT2D eigenvalue weighted by Crippen LogP contribution is -2.38. The molecule has 0 saturated carbocycles. The highest BCUT2D eigenvalue weighted by Gasteiger charge is 2.34. The van der Waals surface area contributed by atoms with Crippen molar-refractivity contribution < 1.29 is 9.90 Å². The highest BCUT2D eigenvalue weighted by molar-refractivity contribution is 5.88. The van der Waals surface area contributed by atoms with Crippen molar-refractivity contribution in [3.8, 4) is 0 Å². The third kappa shape index (κ3) is 2.41. The molecule has 2 nitrogen and oxygen atoms in total. The molecular formula is C11H20O2. The van der Waals surface area contributed by atoms with Gasteiger partial charge in [0.05, 0.1) is 0 Å². The number of rotatable bonds is 4. The van der Waals surface area contributed by atoms with E-state index in [1.54, 1.807) is 0 Å². The molecule has 1 unspecified atom stereocenters. The molecule has 0 aliphatic heterocycles. The second-order valence-corrected chi connectivity index (χ2v) is 3.60. The number of ketones is 1. The van der Waals surface area contributed by atoms with E-state index < -0.39 is 5.60 Å². The predicted molar refractivity (Wildman–Crippen MR) is 54.6 cm³/mol. The Hall–Kier alpha value is -0.630. The van der Waals surface area contributed by atoms with Crippen LogP contribution in [-0.2, 0) is 4.79 Å². The number of hydrogen-bond donors (Lipinski definition) is 1. The summed E-state index contributed by atoms with van der Waals surface area (Å²) in [6.07, 6.45) is 1.18. The van der Waals surface area contributed by atoms with Crippen molar-refractivity contribution in [2.45, 2.75) is 53.1 Å². The first-order valence-electron chi connectivity index (χ1n) is 4.80. The zero-order valence-electron chi connectivity index (χ0n) is 9.27. The Morgan fingerprint density at radius 3 is 1.77 bits per heavy atom. The molecule has 0 bridgehead atoms. The molecule has 0 aliphatic carbocycles. The van der Waals surface area contributed by atoms with Crippen LogP contribution in [0.5, 0.6) is 0 Å². The van der Waals surface area contributed by atoms with Gasteiger partial charge in [-0.2, -0.15) is 0 Å². The van der Waals surface area contributed by atoms with Gasteiger partial charge in [0.15, 0.2) is 5.78 Å². The van der Waals surface area contributed by atoms with Gasteiger partial charge in [-0.1, -0.05) is 19.4 Å². The minimum atomic E-state index is -1.23. The van der Waals surface area contributed by atoms with Gasteiger partial charge in [0.1, 0.15) is 5.60 Å². The van der Waals surface area contributed by atoms with E-state index >= 15 is 0 Å². The Kier molecular flexibility index (Phi) is 4.34. The first kappa shape index (κ1) is 12.4. The summed E-state index contributed by atoms with van der Waals surface area (Å²) >= 11 is 0. The van der Waals surface area contributed by atoms with E-state index in [1.807, 2.05) is 27.7 Å². The molecule has 0 fully saturated rings. The lowest BCUT2D eigenvalue weighted by atomic mass is 9.83. The average molecular weight is 184 g/mol. The van der Waals surface area contributed by atoms with Crippen LogP contribution in [0, 0.1) is 0 Å². The normalized spacial score (nSPS) is 14.9. The summed E-state index contributed by atoms with van der Waals surface area (Å²) in [4.78, 5) is 11.3. The molecule has 76 valence electrons. The molecule has 0 aliphatic rings. The van der Waals surface area contributed by atoms with Crippen LogP contribution in [0.4, 0.5) is 0 Å². The number of aliphatic hydroxyl groups is 1. The van der Waals surface area contributed by atoms with E-state index in [2.05, 4.69) is 0 Å². The molecule has 13 heavy (non-hydrogen) atoms. The Morgan fingerprint density at radius 2 is 1.69 bits per heavy atom. The average Bonchev–Trinajstić information content (AvgIpc) is 2.04. The molecule has 0 aromatic rings. The van der Waals surface area contributed by atoms with Crippen molar-refractivity contribution in [3.05, 3.63) is 11.1 Å². The SMILES string of the molecule is CCC(=C(C)C)C(O)(CC)C(C)=O. The van der Waals surface area contributed by atoms with Crippen LogP contribution in [0.1, 0.15) is 47.5 Å². The molecule has 1 N–H and O–H groups in total. The van der Waals surface area contributed by atoms with Crippen LogP contribution in [0.3, 0.4) is 0 Å². The number of carbonyl (C=O) groups excluding carboxylic acids is 1. The van der Waals surface area contributed by atoms with E-state index in [0.717, 1.165) is 17.6 Å². The molecule has 0 radical (unpaired) electrons. The van der Waals surface area contributed by atoms with Crippen molar-refractivity contribution in [3.63, 3.8) is 0 Å². The molecule has 0 amide bonds. The summed E-state index contributed by atoms with van der Waals surface area (Å²) in [5.41, 5.74) is 0.678. The van der Waals surface area contributed by atoms with Crippen LogP contribution in [0.25, 0.3) is 0 Å².